The van der Waals surface area contributed by atoms with Crippen LogP contribution in [0.3, 0.4) is 0 Å². The van der Waals surface area contributed by atoms with E-state index in [9.17, 15) is 9.59 Å². The number of carbonyl (C=O) groups is 2. The molecule has 26 heavy (non-hydrogen) atoms. The van der Waals surface area contributed by atoms with Crippen LogP contribution in [-0.4, -0.2) is 50.4 Å². The van der Waals surface area contributed by atoms with Crippen molar-refractivity contribution >= 4 is 23.6 Å². The SMILES string of the molecule is CCCNC(=O)[C@H](C)NC(=O)CSc1nnnn1-c1ccc(C)c(C)c1. The summed E-state index contributed by atoms with van der Waals surface area (Å²) in [6, 6.07) is 5.36. The molecule has 8 nitrogen and oxygen atoms in total. The molecule has 1 atom stereocenters. The second-order valence-corrected chi connectivity index (χ2v) is 6.95. The van der Waals surface area contributed by atoms with Crippen LogP contribution in [0.1, 0.15) is 31.4 Å². The summed E-state index contributed by atoms with van der Waals surface area (Å²) in [5.74, 6) is -0.315. The predicted octanol–water partition coefficient (Wildman–Crippen LogP) is 1.40. The third-order valence-corrected chi connectivity index (χ3v) is 4.75. The van der Waals surface area contributed by atoms with Gasteiger partial charge in [-0.15, -0.1) is 5.10 Å². The number of hydrogen-bond donors (Lipinski definition) is 2. The molecule has 1 aromatic heterocycles. The van der Waals surface area contributed by atoms with Gasteiger partial charge in [0.25, 0.3) is 0 Å². The number of rotatable bonds is 8. The van der Waals surface area contributed by atoms with Crippen LogP contribution >= 0.6 is 11.8 Å². The summed E-state index contributed by atoms with van der Waals surface area (Å²) in [6.07, 6.45) is 0.851. The largest absolute Gasteiger partial charge is 0.354 e. The molecule has 2 rings (SSSR count). The molecule has 0 aliphatic heterocycles. The average Bonchev–Trinajstić information content (AvgIpc) is 3.08. The third kappa shape index (κ3) is 5.29. The van der Waals surface area contributed by atoms with Gasteiger partial charge < -0.3 is 10.6 Å². The Morgan fingerprint density at radius 3 is 2.73 bits per heavy atom. The lowest BCUT2D eigenvalue weighted by atomic mass is 10.1. The van der Waals surface area contributed by atoms with Gasteiger partial charge in [-0.2, -0.15) is 4.68 Å². The Morgan fingerprint density at radius 1 is 1.27 bits per heavy atom. The van der Waals surface area contributed by atoms with Gasteiger partial charge in [0.2, 0.25) is 17.0 Å². The number of nitrogens with one attached hydrogen (secondary N) is 2. The number of tetrazole rings is 1. The fraction of sp³-hybridized carbons (Fsp3) is 0.471. The van der Waals surface area contributed by atoms with Crippen molar-refractivity contribution in [1.29, 1.82) is 0 Å². The van der Waals surface area contributed by atoms with Gasteiger partial charge in [-0.25, -0.2) is 0 Å². The first kappa shape index (κ1) is 19.9. The molecule has 2 N–H and O–H groups in total. The Bertz CT molecular complexity index is 776. The number of nitrogens with zero attached hydrogens (tertiary/aromatic N) is 4. The van der Waals surface area contributed by atoms with E-state index in [1.165, 1.54) is 17.3 Å². The monoisotopic (exact) mass is 376 g/mol. The van der Waals surface area contributed by atoms with Gasteiger partial charge in [-0.05, 0) is 60.9 Å². The first-order valence-corrected chi connectivity index (χ1v) is 9.46. The van der Waals surface area contributed by atoms with E-state index in [0.717, 1.165) is 17.7 Å². The molecule has 140 valence electrons. The number of benzene rings is 1. The smallest absolute Gasteiger partial charge is 0.242 e. The van der Waals surface area contributed by atoms with Crippen LogP contribution in [0.15, 0.2) is 23.4 Å². The van der Waals surface area contributed by atoms with Gasteiger partial charge in [-0.3, -0.25) is 9.59 Å². The minimum Gasteiger partial charge on any atom is -0.354 e. The number of thioether (sulfide) groups is 1. The average molecular weight is 376 g/mol. The fourth-order valence-corrected chi connectivity index (χ4v) is 2.87. The molecule has 1 heterocycles. The van der Waals surface area contributed by atoms with E-state index in [0.29, 0.717) is 11.7 Å². The van der Waals surface area contributed by atoms with Crippen molar-refractivity contribution in [3.8, 4) is 5.69 Å². The molecular formula is C17H24N6O2S. The van der Waals surface area contributed by atoms with E-state index in [1.54, 1.807) is 11.6 Å². The standard InChI is InChI=1S/C17H24N6O2S/c1-5-8-18-16(25)13(4)19-15(24)10-26-17-20-21-22-23(17)14-7-6-11(2)12(3)9-14/h6-7,9,13H,5,8,10H2,1-4H3,(H,18,25)(H,19,24)/t13-/m0/s1. The molecular weight excluding hydrogens is 352 g/mol. The van der Waals surface area contributed by atoms with Crippen LogP contribution in [0, 0.1) is 13.8 Å². The number of amides is 2. The van der Waals surface area contributed by atoms with E-state index < -0.39 is 6.04 Å². The van der Waals surface area contributed by atoms with E-state index in [4.69, 9.17) is 0 Å². The Morgan fingerprint density at radius 2 is 2.04 bits per heavy atom. The summed E-state index contributed by atoms with van der Waals surface area (Å²) in [7, 11) is 0. The molecule has 9 heteroatoms. The van der Waals surface area contributed by atoms with Gasteiger partial charge in [0, 0.05) is 6.54 Å². The minimum absolute atomic E-state index is 0.122. The molecule has 0 fully saturated rings. The lowest BCUT2D eigenvalue weighted by molar-refractivity contribution is -0.127. The van der Waals surface area contributed by atoms with E-state index in [-0.39, 0.29) is 17.6 Å². The maximum absolute atomic E-state index is 12.1. The Hall–Kier alpha value is -2.42. The summed E-state index contributed by atoms with van der Waals surface area (Å²) in [5.41, 5.74) is 3.16. The van der Waals surface area contributed by atoms with Crippen LogP contribution in [0.2, 0.25) is 0 Å². The summed E-state index contributed by atoms with van der Waals surface area (Å²) in [4.78, 5) is 23.9. The van der Waals surface area contributed by atoms with Crippen molar-refractivity contribution in [2.75, 3.05) is 12.3 Å². The highest BCUT2D eigenvalue weighted by molar-refractivity contribution is 7.99. The second-order valence-electron chi connectivity index (χ2n) is 6.01. The zero-order valence-corrected chi connectivity index (χ0v) is 16.3. The normalized spacial score (nSPS) is 11.8. The van der Waals surface area contributed by atoms with E-state index in [2.05, 4.69) is 26.2 Å². The van der Waals surface area contributed by atoms with Gasteiger partial charge >= 0.3 is 0 Å². The summed E-state index contributed by atoms with van der Waals surface area (Å²) in [6.45, 7) is 8.29. The number of aryl methyl sites for hydroxylation is 2. The summed E-state index contributed by atoms with van der Waals surface area (Å²) >= 11 is 1.22. The van der Waals surface area contributed by atoms with Gasteiger partial charge in [0.1, 0.15) is 6.04 Å². The number of hydrogen-bond acceptors (Lipinski definition) is 6. The van der Waals surface area contributed by atoms with Crippen molar-refractivity contribution < 1.29 is 9.59 Å². The maximum Gasteiger partial charge on any atom is 0.242 e. The first-order chi connectivity index (χ1) is 12.4. The third-order valence-electron chi connectivity index (χ3n) is 3.83. The highest BCUT2D eigenvalue weighted by Crippen LogP contribution is 2.19. The summed E-state index contributed by atoms with van der Waals surface area (Å²) < 4.78 is 1.60. The molecule has 0 saturated carbocycles. The predicted molar refractivity (Wildman–Crippen MR) is 100 cm³/mol. The molecule has 1 aromatic carbocycles. The quantitative estimate of drug-likeness (QED) is 0.675. The highest BCUT2D eigenvalue weighted by atomic mass is 32.2. The molecule has 0 unspecified atom stereocenters. The molecule has 2 amide bonds. The van der Waals surface area contributed by atoms with Gasteiger partial charge in [0.05, 0.1) is 11.4 Å². The van der Waals surface area contributed by atoms with Crippen LogP contribution in [0.25, 0.3) is 5.69 Å². The molecule has 0 spiro atoms. The zero-order valence-electron chi connectivity index (χ0n) is 15.4. The minimum atomic E-state index is -0.578. The lowest BCUT2D eigenvalue weighted by Gasteiger charge is -2.13. The van der Waals surface area contributed by atoms with Gasteiger partial charge in [-0.1, -0.05) is 24.8 Å². The van der Waals surface area contributed by atoms with Gasteiger partial charge in [0.15, 0.2) is 0 Å². The van der Waals surface area contributed by atoms with Crippen LogP contribution < -0.4 is 10.6 Å². The topological polar surface area (TPSA) is 102 Å². The van der Waals surface area contributed by atoms with Crippen molar-refractivity contribution in [1.82, 2.24) is 30.8 Å². The van der Waals surface area contributed by atoms with Crippen molar-refractivity contribution in [2.24, 2.45) is 0 Å². The van der Waals surface area contributed by atoms with Crippen molar-refractivity contribution in [3.05, 3.63) is 29.3 Å². The fourth-order valence-electron chi connectivity index (χ4n) is 2.17. The molecule has 0 aliphatic rings. The van der Waals surface area contributed by atoms with Crippen LogP contribution in [-0.2, 0) is 9.59 Å². The maximum atomic E-state index is 12.1. The van der Waals surface area contributed by atoms with Crippen molar-refractivity contribution in [3.63, 3.8) is 0 Å². The van der Waals surface area contributed by atoms with Crippen LogP contribution in [0.4, 0.5) is 0 Å². The lowest BCUT2D eigenvalue weighted by Crippen LogP contribution is -2.45. The first-order valence-electron chi connectivity index (χ1n) is 8.48. The van der Waals surface area contributed by atoms with Crippen LogP contribution in [0.5, 0.6) is 0 Å². The Balaban J connectivity index is 1.94. The second kappa shape index (κ2) is 9.33. The summed E-state index contributed by atoms with van der Waals surface area (Å²) in [5, 5.41) is 17.6. The number of aromatic nitrogens is 4. The van der Waals surface area contributed by atoms with Crippen molar-refractivity contribution in [2.45, 2.75) is 45.3 Å². The van der Waals surface area contributed by atoms with E-state index in [1.807, 2.05) is 39.0 Å². The Kier molecular flexibility index (Phi) is 7.14. The zero-order chi connectivity index (χ0) is 19.1. The molecule has 2 aromatic rings. The number of carbonyl (C=O) groups excluding carboxylic acids is 2. The molecule has 0 bridgehead atoms. The Labute approximate surface area is 157 Å². The van der Waals surface area contributed by atoms with E-state index >= 15 is 0 Å². The molecule has 0 radical (unpaired) electrons. The molecule has 0 aliphatic carbocycles. The molecule has 0 saturated heterocycles. The highest BCUT2D eigenvalue weighted by Gasteiger charge is 2.17.